The first kappa shape index (κ1) is 10.6. The van der Waals surface area contributed by atoms with Crippen LogP contribution in [0.15, 0.2) is 0 Å². The highest BCUT2D eigenvalue weighted by Crippen LogP contribution is 2.08. The first-order valence-corrected chi connectivity index (χ1v) is 5.92. The molecule has 0 aromatic carbocycles. The summed E-state index contributed by atoms with van der Waals surface area (Å²) >= 11 is 1.79. The quantitative estimate of drug-likeness (QED) is 0.501. The number of likely N-dealkylation sites (tertiary alicyclic amines) is 1. The summed E-state index contributed by atoms with van der Waals surface area (Å²) in [4.78, 5) is 24.0. The van der Waals surface area contributed by atoms with Gasteiger partial charge in [-0.3, -0.25) is 9.59 Å². The molecule has 1 aliphatic rings. The van der Waals surface area contributed by atoms with Gasteiger partial charge in [0.05, 0.1) is 6.42 Å². The zero-order valence-electron chi connectivity index (χ0n) is 7.91. The molecular weight excluding hydrogens is 186 g/mol. The summed E-state index contributed by atoms with van der Waals surface area (Å²) in [6, 6.07) is 0. The van der Waals surface area contributed by atoms with Gasteiger partial charge in [-0.05, 0) is 18.4 Å². The van der Waals surface area contributed by atoms with Crippen molar-refractivity contribution in [1.82, 2.24) is 4.90 Å². The zero-order chi connectivity index (χ0) is 9.68. The maximum Gasteiger partial charge on any atom is 0.230 e. The molecule has 0 aromatic heterocycles. The maximum atomic E-state index is 11.3. The molecule has 0 radical (unpaired) electrons. The molecule has 1 heterocycles. The van der Waals surface area contributed by atoms with Crippen LogP contribution in [0.25, 0.3) is 0 Å². The van der Waals surface area contributed by atoms with Gasteiger partial charge in [-0.15, -0.1) is 0 Å². The fourth-order valence-corrected chi connectivity index (χ4v) is 1.81. The van der Waals surface area contributed by atoms with E-state index in [-0.39, 0.29) is 18.1 Å². The van der Waals surface area contributed by atoms with Crippen molar-refractivity contribution >= 4 is 23.5 Å². The van der Waals surface area contributed by atoms with Gasteiger partial charge >= 0.3 is 0 Å². The van der Waals surface area contributed by atoms with E-state index < -0.39 is 0 Å². The molecule has 4 heteroatoms. The number of carbonyl (C=O) groups excluding carboxylic acids is 2. The van der Waals surface area contributed by atoms with Crippen LogP contribution in [0.4, 0.5) is 0 Å². The van der Waals surface area contributed by atoms with Gasteiger partial charge in [-0.2, -0.15) is 11.8 Å². The highest BCUT2D eigenvalue weighted by Gasteiger charge is 2.22. The summed E-state index contributed by atoms with van der Waals surface area (Å²) in [7, 11) is 0. The van der Waals surface area contributed by atoms with Gasteiger partial charge < -0.3 is 4.90 Å². The fraction of sp³-hybridized carbons (Fsp3) is 0.778. The first-order chi connectivity index (χ1) is 6.24. The molecule has 0 aliphatic carbocycles. The fourth-order valence-electron chi connectivity index (χ4n) is 1.39. The van der Waals surface area contributed by atoms with Crippen LogP contribution in [0.2, 0.25) is 0 Å². The molecule has 1 fully saturated rings. The van der Waals surface area contributed by atoms with Gasteiger partial charge in [-0.25, -0.2) is 0 Å². The Kier molecular flexibility index (Phi) is 4.28. The van der Waals surface area contributed by atoms with E-state index in [1.54, 1.807) is 16.7 Å². The molecule has 1 saturated heterocycles. The molecule has 0 spiro atoms. The minimum atomic E-state index is 0.0114. The molecule has 1 rings (SSSR count). The van der Waals surface area contributed by atoms with E-state index >= 15 is 0 Å². The van der Waals surface area contributed by atoms with E-state index in [9.17, 15) is 9.59 Å². The smallest absolute Gasteiger partial charge is 0.230 e. The number of Topliss-reactive ketones (excluding diaryl/α,β-unsaturated/α-hetero) is 1. The number of hydrogen-bond donors (Lipinski definition) is 0. The van der Waals surface area contributed by atoms with Gasteiger partial charge in [0.2, 0.25) is 5.91 Å². The highest BCUT2D eigenvalue weighted by atomic mass is 32.2. The third kappa shape index (κ3) is 3.38. The van der Waals surface area contributed by atoms with E-state index in [0.29, 0.717) is 13.0 Å². The van der Waals surface area contributed by atoms with Gasteiger partial charge in [0.1, 0.15) is 5.78 Å². The monoisotopic (exact) mass is 201 g/mol. The zero-order valence-corrected chi connectivity index (χ0v) is 8.73. The number of hydrogen-bond acceptors (Lipinski definition) is 3. The molecule has 0 N–H and O–H groups in total. The molecule has 0 unspecified atom stereocenters. The van der Waals surface area contributed by atoms with E-state index in [4.69, 9.17) is 0 Å². The predicted octanol–water partition coefficient (Wildman–Crippen LogP) is 0.931. The average molecular weight is 201 g/mol. The lowest BCUT2D eigenvalue weighted by molar-refractivity contribution is -0.139. The van der Waals surface area contributed by atoms with E-state index in [1.807, 2.05) is 0 Å². The Hall–Kier alpha value is -0.510. The largest absolute Gasteiger partial charge is 0.342 e. The highest BCUT2D eigenvalue weighted by molar-refractivity contribution is 7.98. The van der Waals surface area contributed by atoms with E-state index in [1.165, 1.54) is 0 Å². The lowest BCUT2D eigenvalue weighted by Crippen LogP contribution is -2.39. The molecule has 3 nitrogen and oxygen atoms in total. The molecule has 74 valence electrons. The average Bonchev–Trinajstić information content (AvgIpc) is 2.09. The van der Waals surface area contributed by atoms with Gasteiger partial charge in [0.15, 0.2) is 0 Å². The second kappa shape index (κ2) is 5.27. The van der Waals surface area contributed by atoms with Gasteiger partial charge in [-0.1, -0.05) is 0 Å². The van der Waals surface area contributed by atoms with Crippen molar-refractivity contribution in [3.63, 3.8) is 0 Å². The van der Waals surface area contributed by atoms with Crippen molar-refractivity contribution in [3.8, 4) is 0 Å². The van der Waals surface area contributed by atoms with Crippen LogP contribution in [-0.4, -0.2) is 41.7 Å². The normalized spacial score (nSPS) is 18.1. The maximum absolute atomic E-state index is 11.3. The SMILES string of the molecule is CSCCCN1CCC(=O)CC1=O. The molecule has 0 aromatic rings. The van der Waals surface area contributed by atoms with Crippen molar-refractivity contribution in [2.24, 2.45) is 0 Å². The molecule has 0 atom stereocenters. The van der Waals surface area contributed by atoms with Crippen LogP contribution >= 0.6 is 11.8 Å². The Balaban J connectivity index is 2.26. The minimum absolute atomic E-state index is 0.0114. The number of carbonyl (C=O) groups is 2. The molecule has 1 amide bonds. The Morgan fingerprint density at radius 2 is 2.23 bits per heavy atom. The third-order valence-corrected chi connectivity index (χ3v) is 2.84. The summed E-state index contributed by atoms with van der Waals surface area (Å²) in [5, 5.41) is 0. The summed E-state index contributed by atoms with van der Waals surface area (Å²) in [5.41, 5.74) is 0. The Morgan fingerprint density at radius 3 is 2.85 bits per heavy atom. The predicted molar refractivity (Wildman–Crippen MR) is 53.8 cm³/mol. The molecule has 1 aliphatic heterocycles. The second-order valence-electron chi connectivity index (χ2n) is 3.19. The number of thioether (sulfide) groups is 1. The van der Waals surface area contributed by atoms with Gasteiger partial charge in [0, 0.05) is 19.5 Å². The van der Waals surface area contributed by atoms with Crippen LogP contribution < -0.4 is 0 Å². The van der Waals surface area contributed by atoms with Crippen molar-refractivity contribution in [2.45, 2.75) is 19.3 Å². The van der Waals surface area contributed by atoms with Crippen LogP contribution in [0, 0.1) is 0 Å². The lowest BCUT2D eigenvalue weighted by atomic mass is 10.1. The van der Waals surface area contributed by atoms with Crippen molar-refractivity contribution in [2.75, 3.05) is 25.1 Å². The molecular formula is C9H15NO2S. The third-order valence-electron chi connectivity index (χ3n) is 2.14. The number of rotatable bonds is 4. The van der Waals surface area contributed by atoms with E-state index in [0.717, 1.165) is 18.7 Å². The standard InChI is InChI=1S/C9H15NO2S/c1-13-6-2-4-10-5-3-8(11)7-9(10)12/h2-7H2,1H3. The van der Waals surface area contributed by atoms with Crippen LogP contribution in [0.3, 0.4) is 0 Å². The Morgan fingerprint density at radius 1 is 1.46 bits per heavy atom. The number of amides is 1. The topological polar surface area (TPSA) is 37.4 Å². The number of nitrogens with zero attached hydrogens (tertiary/aromatic N) is 1. The Bertz CT molecular complexity index is 206. The van der Waals surface area contributed by atoms with Crippen LogP contribution in [0.5, 0.6) is 0 Å². The molecule has 0 bridgehead atoms. The minimum Gasteiger partial charge on any atom is -0.342 e. The van der Waals surface area contributed by atoms with Crippen LogP contribution in [-0.2, 0) is 9.59 Å². The summed E-state index contributed by atoms with van der Waals surface area (Å²) in [5.74, 6) is 1.18. The van der Waals surface area contributed by atoms with Crippen molar-refractivity contribution < 1.29 is 9.59 Å². The number of ketones is 1. The van der Waals surface area contributed by atoms with E-state index in [2.05, 4.69) is 6.26 Å². The Labute approximate surface area is 82.9 Å². The lowest BCUT2D eigenvalue weighted by Gasteiger charge is -2.25. The molecule has 13 heavy (non-hydrogen) atoms. The summed E-state index contributed by atoms with van der Waals surface area (Å²) in [6.45, 7) is 1.44. The van der Waals surface area contributed by atoms with Crippen molar-refractivity contribution in [1.29, 1.82) is 0 Å². The number of piperidine rings is 1. The second-order valence-corrected chi connectivity index (χ2v) is 4.18. The molecule has 0 saturated carbocycles. The van der Waals surface area contributed by atoms with Crippen LogP contribution in [0.1, 0.15) is 19.3 Å². The summed E-state index contributed by atoms with van der Waals surface area (Å²) < 4.78 is 0. The first-order valence-electron chi connectivity index (χ1n) is 4.52. The summed E-state index contributed by atoms with van der Waals surface area (Å²) in [6.07, 6.45) is 3.76. The van der Waals surface area contributed by atoms with Gasteiger partial charge in [0.25, 0.3) is 0 Å². The van der Waals surface area contributed by atoms with Crippen molar-refractivity contribution in [3.05, 3.63) is 0 Å².